The second kappa shape index (κ2) is 7.62. The average Bonchev–Trinajstić information content (AvgIpc) is 2.72. The largest absolute Gasteiger partial charge is 0.867 e. The zero-order chi connectivity index (χ0) is 21.5. The highest BCUT2D eigenvalue weighted by molar-refractivity contribution is 9.10. The van der Waals surface area contributed by atoms with Crippen LogP contribution in [-0.2, 0) is 10.0 Å². The molecule has 8 heteroatoms. The molecular weight excluding hydrogens is 468 g/mol. The van der Waals surface area contributed by atoms with Crippen LogP contribution in [0, 0.1) is 6.92 Å². The second-order valence-electron chi connectivity index (χ2n) is 6.71. The van der Waals surface area contributed by atoms with Crippen LogP contribution >= 0.6 is 15.9 Å². The van der Waals surface area contributed by atoms with Gasteiger partial charge in [-0.2, -0.15) is 13.0 Å². The summed E-state index contributed by atoms with van der Waals surface area (Å²) in [5.74, 6) is -1.08. The summed E-state index contributed by atoms with van der Waals surface area (Å²) in [6.07, 6.45) is 3.24. The molecule has 1 aromatic heterocycles. The smallest absolute Gasteiger partial charge is 0.283 e. The molecule has 0 N–H and O–H groups in total. The lowest BCUT2D eigenvalue weighted by Crippen LogP contribution is -2.43. The van der Waals surface area contributed by atoms with E-state index in [1.165, 1.54) is 22.8 Å². The number of ketones is 1. The monoisotopic (exact) mass is 482 g/mol. The Bertz CT molecular complexity index is 1340. The third-order valence-electron chi connectivity index (χ3n) is 4.60. The van der Waals surface area contributed by atoms with Gasteiger partial charge in [0.05, 0.1) is 4.90 Å². The van der Waals surface area contributed by atoms with Crippen molar-refractivity contribution in [3.05, 3.63) is 94.2 Å². The van der Waals surface area contributed by atoms with E-state index in [1.54, 1.807) is 48.8 Å². The Balaban J connectivity index is 1.99. The highest BCUT2D eigenvalue weighted by Crippen LogP contribution is 2.28. The van der Waals surface area contributed by atoms with E-state index >= 15 is 0 Å². The molecule has 0 spiro atoms. The molecule has 0 bridgehead atoms. The van der Waals surface area contributed by atoms with Crippen molar-refractivity contribution >= 4 is 48.9 Å². The quantitative estimate of drug-likeness (QED) is 0.536. The fourth-order valence-electron chi connectivity index (χ4n) is 3.19. The number of sulfonamides is 1. The summed E-state index contributed by atoms with van der Waals surface area (Å²) < 4.78 is 31.8. The van der Waals surface area contributed by atoms with Crippen molar-refractivity contribution < 1.29 is 22.9 Å². The van der Waals surface area contributed by atoms with Crippen molar-refractivity contribution in [1.82, 2.24) is 0 Å². The Kier molecular flexibility index (Phi) is 5.13. The molecular formula is C22H15BrN2O4S. The molecule has 0 unspecified atom stereocenters. The van der Waals surface area contributed by atoms with Gasteiger partial charge in [-0.1, -0.05) is 40.2 Å². The van der Waals surface area contributed by atoms with Crippen molar-refractivity contribution in [2.24, 2.45) is 4.40 Å². The number of pyridine rings is 1. The fourth-order valence-corrected chi connectivity index (χ4v) is 4.44. The number of allylic oxidation sites excluding steroid dienone is 1. The number of hydrogen-bond donors (Lipinski definition) is 0. The van der Waals surface area contributed by atoms with Crippen molar-refractivity contribution in [1.29, 1.82) is 0 Å². The van der Waals surface area contributed by atoms with Crippen LogP contribution < -0.4 is 9.67 Å². The summed E-state index contributed by atoms with van der Waals surface area (Å²) in [5, 5.41) is 13.3. The van der Waals surface area contributed by atoms with E-state index in [-0.39, 0.29) is 21.7 Å². The maximum absolute atomic E-state index is 13.3. The average molecular weight is 483 g/mol. The molecule has 0 fully saturated rings. The van der Waals surface area contributed by atoms with Crippen LogP contribution in [0.4, 0.5) is 0 Å². The van der Waals surface area contributed by atoms with Crippen LogP contribution in [-0.4, -0.2) is 19.9 Å². The van der Waals surface area contributed by atoms with Gasteiger partial charge in [0, 0.05) is 21.7 Å². The molecule has 1 heterocycles. The SMILES string of the molecule is Cc1ccc[n+](C2=C([O-])c3ccccc3C(=O)/C2=N\S(=O)(=O)c2ccc(Br)cc2)c1. The van der Waals surface area contributed by atoms with Gasteiger partial charge in [-0.3, -0.25) is 4.79 Å². The summed E-state index contributed by atoms with van der Waals surface area (Å²) in [6, 6.07) is 15.8. The Hall–Kier alpha value is -3.10. The summed E-state index contributed by atoms with van der Waals surface area (Å²) >= 11 is 3.26. The van der Waals surface area contributed by atoms with Gasteiger partial charge in [0.15, 0.2) is 18.1 Å². The summed E-state index contributed by atoms with van der Waals surface area (Å²) in [4.78, 5) is 13.1. The number of carbonyl (C=O) groups is 1. The molecule has 0 atom stereocenters. The number of Topliss-reactive ketones (excluding diaryl/α,β-unsaturated/α-hetero) is 1. The second-order valence-corrected chi connectivity index (χ2v) is 9.23. The van der Waals surface area contributed by atoms with Gasteiger partial charge in [-0.05, 0) is 48.6 Å². The maximum atomic E-state index is 13.3. The molecule has 3 aromatic rings. The van der Waals surface area contributed by atoms with Crippen molar-refractivity contribution in [2.75, 3.05) is 0 Å². The molecule has 0 amide bonds. The van der Waals surface area contributed by atoms with E-state index in [4.69, 9.17) is 0 Å². The topological polar surface area (TPSA) is 90.5 Å². The van der Waals surface area contributed by atoms with Gasteiger partial charge in [-0.25, -0.2) is 0 Å². The van der Waals surface area contributed by atoms with Crippen molar-refractivity contribution in [2.45, 2.75) is 11.8 Å². The van der Waals surface area contributed by atoms with E-state index < -0.39 is 27.3 Å². The molecule has 0 aliphatic heterocycles. The normalized spacial score (nSPS) is 15.4. The van der Waals surface area contributed by atoms with Crippen LogP contribution in [0.5, 0.6) is 0 Å². The zero-order valence-electron chi connectivity index (χ0n) is 15.7. The molecule has 150 valence electrons. The number of hydrogen-bond acceptors (Lipinski definition) is 4. The number of aryl methyl sites for hydroxylation is 1. The minimum Gasteiger partial charge on any atom is -0.867 e. The van der Waals surface area contributed by atoms with Crippen LogP contribution in [0.3, 0.4) is 0 Å². The Morgan fingerprint density at radius 1 is 0.967 bits per heavy atom. The summed E-state index contributed by atoms with van der Waals surface area (Å²) in [7, 11) is -4.23. The third kappa shape index (κ3) is 3.59. The van der Waals surface area contributed by atoms with Gasteiger partial charge in [0.25, 0.3) is 10.0 Å². The van der Waals surface area contributed by atoms with Crippen LogP contribution in [0.2, 0.25) is 0 Å². The molecule has 0 radical (unpaired) electrons. The predicted molar refractivity (Wildman–Crippen MR) is 114 cm³/mol. The molecule has 30 heavy (non-hydrogen) atoms. The molecule has 0 saturated heterocycles. The van der Waals surface area contributed by atoms with Crippen LogP contribution in [0.25, 0.3) is 11.5 Å². The lowest BCUT2D eigenvalue weighted by Gasteiger charge is -2.23. The minimum atomic E-state index is -4.23. The molecule has 2 aromatic carbocycles. The first-order chi connectivity index (χ1) is 14.3. The standard InChI is InChI=1S/C22H15BrN2O4S/c1-14-5-4-12-25(13-14)20-19(21(26)17-6-2-3-7-18(17)22(20)27)24-30(28,29)16-10-8-15(23)9-11-16/h2-13H,1H3. The first-order valence-electron chi connectivity index (χ1n) is 8.92. The van der Waals surface area contributed by atoms with Gasteiger partial charge >= 0.3 is 0 Å². The molecule has 6 nitrogen and oxygen atoms in total. The summed E-state index contributed by atoms with van der Waals surface area (Å²) in [5.41, 5.74) is 0.676. The number of benzene rings is 2. The number of rotatable bonds is 3. The lowest BCUT2D eigenvalue weighted by atomic mass is 9.91. The fraction of sp³-hybridized carbons (Fsp3) is 0.0455. The van der Waals surface area contributed by atoms with E-state index in [1.807, 2.05) is 13.0 Å². The Labute approximate surface area is 182 Å². The van der Waals surface area contributed by atoms with E-state index in [2.05, 4.69) is 20.3 Å². The first-order valence-corrected chi connectivity index (χ1v) is 11.2. The predicted octanol–water partition coefficient (Wildman–Crippen LogP) is 2.76. The molecule has 0 saturated carbocycles. The van der Waals surface area contributed by atoms with Crippen molar-refractivity contribution in [3.8, 4) is 0 Å². The highest BCUT2D eigenvalue weighted by atomic mass is 79.9. The third-order valence-corrected chi connectivity index (χ3v) is 6.42. The summed E-state index contributed by atoms with van der Waals surface area (Å²) in [6.45, 7) is 1.83. The maximum Gasteiger partial charge on any atom is 0.283 e. The van der Waals surface area contributed by atoms with Gasteiger partial charge in [0.1, 0.15) is 0 Å². The number of halogens is 1. The number of fused-ring (bicyclic) bond motifs is 1. The zero-order valence-corrected chi connectivity index (χ0v) is 18.1. The lowest BCUT2D eigenvalue weighted by molar-refractivity contribution is -0.578. The number of carbonyl (C=O) groups excluding carboxylic acids is 1. The Morgan fingerprint density at radius 3 is 2.30 bits per heavy atom. The first kappa shape index (κ1) is 20.2. The molecule has 1 aliphatic carbocycles. The van der Waals surface area contributed by atoms with E-state index in [9.17, 15) is 18.3 Å². The highest BCUT2D eigenvalue weighted by Gasteiger charge is 2.35. The van der Waals surface area contributed by atoms with Gasteiger partial charge in [0.2, 0.25) is 11.5 Å². The van der Waals surface area contributed by atoms with E-state index in [0.717, 1.165) is 5.56 Å². The van der Waals surface area contributed by atoms with Crippen LogP contribution in [0.15, 0.2) is 86.8 Å². The minimum absolute atomic E-state index is 0.0779. The van der Waals surface area contributed by atoms with Crippen molar-refractivity contribution in [3.63, 3.8) is 0 Å². The number of aromatic nitrogens is 1. The Morgan fingerprint density at radius 2 is 1.63 bits per heavy atom. The van der Waals surface area contributed by atoms with Gasteiger partial charge < -0.3 is 5.11 Å². The number of nitrogens with zero attached hydrogens (tertiary/aromatic N) is 2. The van der Waals surface area contributed by atoms with Crippen LogP contribution in [0.1, 0.15) is 21.5 Å². The van der Waals surface area contributed by atoms with Gasteiger partial charge in [-0.15, -0.1) is 4.40 Å². The molecule has 1 aliphatic rings. The van der Waals surface area contributed by atoms with E-state index in [0.29, 0.717) is 4.47 Å². The molecule has 4 rings (SSSR count).